The van der Waals surface area contributed by atoms with E-state index in [0.29, 0.717) is 12.6 Å². The summed E-state index contributed by atoms with van der Waals surface area (Å²) >= 11 is 1.56. The number of piperazine rings is 1. The van der Waals surface area contributed by atoms with E-state index in [4.69, 9.17) is 0 Å². The van der Waals surface area contributed by atoms with Crippen molar-refractivity contribution in [2.45, 2.75) is 33.2 Å². The van der Waals surface area contributed by atoms with Gasteiger partial charge in [0.1, 0.15) is 0 Å². The predicted octanol–water partition coefficient (Wildman–Crippen LogP) is 2.09. The lowest BCUT2D eigenvalue weighted by Crippen LogP contribution is -2.51. The van der Waals surface area contributed by atoms with Crippen LogP contribution in [0.5, 0.6) is 0 Å². The van der Waals surface area contributed by atoms with E-state index < -0.39 is 0 Å². The number of rotatable bonds is 4. The summed E-state index contributed by atoms with van der Waals surface area (Å²) in [4.78, 5) is 19.9. The van der Waals surface area contributed by atoms with Crippen LogP contribution in [-0.4, -0.2) is 48.0 Å². The molecule has 21 heavy (non-hydrogen) atoms. The van der Waals surface area contributed by atoms with Gasteiger partial charge in [-0.1, -0.05) is 6.92 Å². The number of carbonyl (C=O) groups is 1. The van der Waals surface area contributed by atoms with E-state index in [1.54, 1.807) is 11.3 Å². The van der Waals surface area contributed by atoms with Gasteiger partial charge in [-0.05, 0) is 20.3 Å². The monoisotopic (exact) mass is 354 g/mol. The second-order valence-electron chi connectivity index (χ2n) is 4.95. The first kappa shape index (κ1) is 20.6. The summed E-state index contributed by atoms with van der Waals surface area (Å²) in [6.07, 6.45) is 0.910. The van der Waals surface area contributed by atoms with Gasteiger partial charge in [0.05, 0.1) is 12.2 Å². The molecule has 122 valence electrons. The Morgan fingerprint density at radius 1 is 1.52 bits per heavy atom. The highest BCUT2D eigenvalue weighted by molar-refractivity contribution is 7.15. The van der Waals surface area contributed by atoms with Crippen LogP contribution in [0.1, 0.15) is 24.4 Å². The second-order valence-corrected chi connectivity index (χ2v) is 6.15. The van der Waals surface area contributed by atoms with E-state index >= 15 is 0 Å². The van der Waals surface area contributed by atoms with Gasteiger partial charge >= 0.3 is 0 Å². The molecular formula is C13H24Cl2N4OS. The Balaban J connectivity index is 0.00000200. The Morgan fingerprint density at radius 2 is 2.24 bits per heavy atom. The van der Waals surface area contributed by atoms with Gasteiger partial charge in [0, 0.05) is 30.6 Å². The molecule has 5 nitrogen and oxygen atoms in total. The molecule has 1 saturated heterocycles. The molecule has 2 N–H and O–H groups in total. The molecule has 1 atom stereocenters. The van der Waals surface area contributed by atoms with Gasteiger partial charge in [-0.15, -0.1) is 36.2 Å². The minimum atomic E-state index is 0. The van der Waals surface area contributed by atoms with E-state index in [9.17, 15) is 4.79 Å². The summed E-state index contributed by atoms with van der Waals surface area (Å²) in [6, 6.07) is 0.406. The molecule has 0 radical (unpaired) electrons. The number of nitrogens with zero attached hydrogens (tertiary/aromatic N) is 2. The summed E-state index contributed by atoms with van der Waals surface area (Å²) in [5.41, 5.74) is 1.08. The van der Waals surface area contributed by atoms with Crippen molar-refractivity contribution < 1.29 is 4.79 Å². The lowest BCUT2D eigenvalue weighted by molar-refractivity contribution is -0.118. The fourth-order valence-electron chi connectivity index (χ4n) is 2.27. The standard InChI is InChI=1S/C13H22N4OS.2ClH/c1-4-11-10(3)19-13(15-11)16-12(18)8-17-6-5-14-7-9(17)2;;/h9,14H,4-8H2,1-3H3,(H,15,16,18);2*1H/t9-;;/m1../s1. The number of anilines is 1. The highest BCUT2D eigenvalue weighted by Crippen LogP contribution is 2.22. The predicted molar refractivity (Wildman–Crippen MR) is 93.3 cm³/mol. The maximum absolute atomic E-state index is 12.0. The molecule has 1 aliphatic heterocycles. The summed E-state index contributed by atoms with van der Waals surface area (Å²) in [5, 5.41) is 6.96. The Bertz CT molecular complexity index is 455. The molecule has 8 heteroatoms. The number of nitrogens with one attached hydrogen (secondary N) is 2. The lowest BCUT2D eigenvalue weighted by atomic mass is 10.2. The Labute approximate surface area is 142 Å². The van der Waals surface area contributed by atoms with E-state index in [1.807, 2.05) is 6.92 Å². The van der Waals surface area contributed by atoms with Crippen molar-refractivity contribution in [3.63, 3.8) is 0 Å². The third-order valence-electron chi connectivity index (χ3n) is 3.46. The number of aryl methyl sites for hydroxylation is 2. The van der Waals surface area contributed by atoms with Crippen LogP contribution < -0.4 is 10.6 Å². The topological polar surface area (TPSA) is 57.3 Å². The molecule has 1 amide bonds. The molecule has 1 aromatic heterocycles. The molecule has 0 aromatic carbocycles. The number of aromatic nitrogens is 1. The first-order valence-electron chi connectivity index (χ1n) is 6.81. The van der Waals surface area contributed by atoms with E-state index in [-0.39, 0.29) is 30.7 Å². The summed E-state index contributed by atoms with van der Waals surface area (Å²) in [7, 11) is 0. The first-order valence-corrected chi connectivity index (χ1v) is 7.62. The fraction of sp³-hybridized carbons (Fsp3) is 0.692. The van der Waals surface area contributed by atoms with Gasteiger partial charge in [-0.25, -0.2) is 4.98 Å². The third-order valence-corrected chi connectivity index (χ3v) is 4.39. The van der Waals surface area contributed by atoms with Crippen LogP contribution in [-0.2, 0) is 11.2 Å². The zero-order valence-electron chi connectivity index (χ0n) is 12.6. The number of carbonyl (C=O) groups excluding carboxylic acids is 1. The van der Waals surface area contributed by atoms with Crippen molar-refractivity contribution in [1.29, 1.82) is 0 Å². The van der Waals surface area contributed by atoms with Crippen molar-refractivity contribution >= 4 is 47.2 Å². The molecular weight excluding hydrogens is 331 g/mol. The van der Waals surface area contributed by atoms with E-state index in [2.05, 4.69) is 34.4 Å². The van der Waals surface area contributed by atoms with Crippen molar-refractivity contribution in [2.75, 3.05) is 31.5 Å². The second kappa shape index (κ2) is 9.58. The molecule has 1 aromatic rings. The number of hydrogen-bond donors (Lipinski definition) is 2. The number of thiazole rings is 1. The number of amides is 1. The molecule has 1 aliphatic rings. The Morgan fingerprint density at radius 3 is 2.81 bits per heavy atom. The van der Waals surface area contributed by atoms with Gasteiger partial charge < -0.3 is 10.6 Å². The molecule has 0 aliphatic carbocycles. The van der Waals surface area contributed by atoms with E-state index in [1.165, 1.54) is 4.88 Å². The van der Waals surface area contributed by atoms with Gasteiger partial charge in [0.15, 0.2) is 5.13 Å². The van der Waals surface area contributed by atoms with Crippen LogP contribution in [0.25, 0.3) is 0 Å². The summed E-state index contributed by atoms with van der Waals surface area (Å²) < 4.78 is 0. The molecule has 2 rings (SSSR count). The maximum atomic E-state index is 12.0. The van der Waals surface area contributed by atoms with Gasteiger partial charge in [-0.2, -0.15) is 0 Å². The fourth-order valence-corrected chi connectivity index (χ4v) is 3.19. The average molecular weight is 355 g/mol. The average Bonchev–Trinajstić information content (AvgIpc) is 2.72. The first-order chi connectivity index (χ1) is 9.10. The van der Waals surface area contributed by atoms with Crippen LogP contribution >= 0.6 is 36.2 Å². The molecule has 0 saturated carbocycles. The number of halogens is 2. The third kappa shape index (κ3) is 5.71. The van der Waals surface area contributed by atoms with Gasteiger partial charge in [-0.3, -0.25) is 9.69 Å². The molecule has 0 spiro atoms. The van der Waals surface area contributed by atoms with Crippen molar-refractivity contribution in [3.05, 3.63) is 10.6 Å². The van der Waals surface area contributed by atoms with Crippen LogP contribution in [0, 0.1) is 6.92 Å². The highest BCUT2D eigenvalue weighted by Gasteiger charge is 2.20. The molecule has 0 bridgehead atoms. The summed E-state index contributed by atoms with van der Waals surface area (Å²) in [6.45, 7) is 9.54. The smallest absolute Gasteiger partial charge is 0.240 e. The van der Waals surface area contributed by atoms with Crippen LogP contribution in [0.2, 0.25) is 0 Å². The van der Waals surface area contributed by atoms with Gasteiger partial charge in [0.25, 0.3) is 0 Å². The van der Waals surface area contributed by atoms with Crippen LogP contribution in [0.3, 0.4) is 0 Å². The SMILES string of the molecule is CCc1nc(NC(=O)CN2CCNC[C@H]2C)sc1C.Cl.Cl. The molecule has 1 fully saturated rings. The zero-order valence-corrected chi connectivity index (χ0v) is 15.1. The summed E-state index contributed by atoms with van der Waals surface area (Å²) in [5.74, 6) is 0.0325. The van der Waals surface area contributed by atoms with Crippen molar-refractivity contribution in [2.24, 2.45) is 0 Å². The number of hydrogen-bond acceptors (Lipinski definition) is 5. The minimum Gasteiger partial charge on any atom is -0.314 e. The van der Waals surface area contributed by atoms with E-state index in [0.717, 1.165) is 36.9 Å². The minimum absolute atomic E-state index is 0. The molecule has 0 unspecified atom stereocenters. The quantitative estimate of drug-likeness (QED) is 0.869. The van der Waals surface area contributed by atoms with Crippen molar-refractivity contribution in [3.8, 4) is 0 Å². The van der Waals surface area contributed by atoms with Crippen LogP contribution in [0.15, 0.2) is 0 Å². The molecule has 2 heterocycles. The lowest BCUT2D eigenvalue weighted by Gasteiger charge is -2.33. The maximum Gasteiger partial charge on any atom is 0.240 e. The zero-order chi connectivity index (χ0) is 13.8. The largest absolute Gasteiger partial charge is 0.314 e. The van der Waals surface area contributed by atoms with Gasteiger partial charge in [0.2, 0.25) is 5.91 Å². The normalized spacial score (nSPS) is 18.5. The highest BCUT2D eigenvalue weighted by atomic mass is 35.5. The Hall–Kier alpha value is -0.400. The Kier molecular flexibility index (Phi) is 9.40. The van der Waals surface area contributed by atoms with Crippen molar-refractivity contribution in [1.82, 2.24) is 15.2 Å². The van der Waals surface area contributed by atoms with Crippen LogP contribution in [0.4, 0.5) is 5.13 Å².